The number of anilines is 1. The lowest BCUT2D eigenvalue weighted by molar-refractivity contribution is -0.117. The van der Waals surface area contributed by atoms with Crippen molar-refractivity contribution in [2.24, 2.45) is 5.73 Å². The third kappa shape index (κ3) is 3.48. The molecule has 0 bridgehead atoms. The smallest absolute Gasteiger partial charge is 0.231 e. The second-order valence-corrected chi connectivity index (χ2v) is 7.08. The summed E-state index contributed by atoms with van der Waals surface area (Å²) in [5.41, 5.74) is 10.1. The van der Waals surface area contributed by atoms with Gasteiger partial charge in [-0.05, 0) is 49.1 Å². The number of amides is 1. The molecule has 2 unspecified atom stereocenters. The summed E-state index contributed by atoms with van der Waals surface area (Å²) < 4.78 is 1.86. The van der Waals surface area contributed by atoms with E-state index >= 15 is 0 Å². The highest BCUT2D eigenvalue weighted by Gasteiger charge is 2.33. The SMILES string of the molecule is Cc1nc(C)n(Cc2cccc(NC(=O)C3CC(N)c4ccccc43)c2)n1. The van der Waals surface area contributed by atoms with Gasteiger partial charge in [-0.1, -0.05) is 36.4 Å². The fraction of sp³-hybridized carbons (Fsp3) is 0.286. The molecular formula is C21H23N5O. The van der Waals surface area contributed by atoms with Gasteiger partial charge in [0.2, 0.25) is 5.91 Å². The van der Waals surface area contributed by atoms with Crippen molar-refractivity contribution in [3.63, 3.8) is 0 Å². The fourth-order valence-corrected chi connectivity index (χ4v) is 3.78. The van der Waals surface area contributed by atoms with Gasteiger partial charge in [-0.2, -0.15) is 5.10 Å². The zero-order valence-corrected chi connectivity index (χ0v) is 15.5. The number of aromatic nitrogens is 3. The van der Waals surface area contributed by atoms with Crippen molar-refractivity contribution in [3.05, 3.63) is 76.9 Å². The molecule has 138 valence electrons. The minimum Gasteiger partial charge on any atom is -0.326 e. The van der Waals surface area contributed by atoms with Crippen LogP contribution in [-0.2, 0) is 11.3 Å². The highest BCUT2D eigenvalue weighted by Crippen LogP contribution is 2.39. The lowest BCUT2D eigenvalue weighted by atomic mass is 10.0. The van der Waals surface area contributed by atoms with Crippen LogP contribution in [0.1, 0.15) is 46.7 Å². The molecule has 1 aromatic heterocycles. The summed E-state index contributed by atoms with van der Waals surface area (Å²) >= 11 is 0. The first kappa shape index (κ1) is 17.4. The topological polar surface area (TPSA) is 85.8 Å². The molecule has 0 radical (unpaired) electrons. The maximum atomic E-state index is 12.9. The summed E-state index contributed by atoms with van der Waals surface area (Å²) in [5, 5.41) is 7.45. The largest absolute Gasteiger partial charge is 0.326 e. The van der Waals surface area contributed by atoms with E-state index in [4.69, 9.17) is 5.73 Å². The van der Waals surface area contributed by atoms with Gasteiger partial charge in [-0.15, -0.1) is 0 Å². The summed E-state index contributed by atoms with van der Waals surface area (Å²) in [6.45, 7) is 4.43. The average Bonchev–Trinajstić information content (AvgIpc) is 3.15. The molecule has 3 N–H and O–H groups in total. The number of benzene rings is 2. The lowest BCUT2D eigenvalue weighted by Gasteiger charge is -2.13. The van der Waals surface area contributed by atoms with Gasteiger partial charge in [0.05, 0.1) is 12.5 Å². The van der Waals surface area contributed by atoms with Crippen molar-refractivity contribution >= 4 is 11.6 Å². The second kappa shape index (κ2) is 6.96. The fourth-order valence-electron chi connectivity index (χ4n) is 3.78. The molecule has 1 heterocycles. The van der Waals surface area contributed by atoms with Crippen LogP contribution in [0.4, 0.5) is 5.69 Å². The van der Waals surface area contributed by atoms with Crippen LogP contribution >= 0.6 is 0 Å². The van der Waals surface area contributed by atoms with Crippen molar-refractivity contribution < 1.29 is 4.79 Å². The van der Waals surface area contributed by atoms with Crippen LogP contribution in [0.3, 0.4) is 0 Å². The number of carbonyl (C=O) groups is 1. The van der Waals surface area contributed by atoms with E-state index in [1.807, 2.05) is 67.1 Å². The second-order valence-electron chi connectivity index (χ2n) is 7.08. The third-order valence-corrected chi connectivity index (χ3v) is 5.07. The van der Waals surface area contributed by atoms with E-state index in [-0.39, 0.29) is 17.9 Å². The zero-order chi connectivity index (χ0) is 19.0. The molecule has 2 atom stereocenters. The number of hydrogen-bond donors (Lipinski definition) is 2. The molecule has 0 saturated heterocycles. The van der Waals surface area contributed by atoms with Gasteiger partial charge in [-0.3, -0.25) is 4.79 Å². The number of nitrogens with one attached hydrogen (secondary N) is 1. The number of carbonyl (C=O) groups excluding carboxylic acids is 1. The van der Waals surface area contributed by atoms with Crippen molar-refractivity contribution in [2.45, 2.75) is 38.8 Å². The average molecular weight is 361 g/mol. The van der Waals surface area contributed by atoms with Crippen LogP contribution in [0.15, 0.2) is 48.5 Å². The first-order chi connectivity index (χ1) is 13.0. The minimum absolute atomic E-state index is 0.0136. The van der Waals surface area contributed by atoms with Crippen LogP contribution < -0.4 is 11.1 Å². The van der Waals surface area contributed by atoms with E-state index < -0.39 is 0 Å². The van der Waals surface area contributed by atoms with Gasteiger partial charge >= 0.3 is 0 Å². The first-order valence-electron chi connectivity index (χ1n) is 9.13. The van der Waals surface area contributed by atoms with Gasteiger partial charge in [0, 0.05) is 11.7 Å². The molecule has 1 amide bonds. The first-order valence-corrected chi connectivity index (χ1v) is 9.13. The maximum Gasteiger partial charge on any atom is 0.231 e. The van der Waals surface area contributed by atoms with Crippen LogP contribution in [0, 0.1) is 13.8 Å². The Kier molecular flexibility index (Phi) is 4.49. The minimum atomic E-state index is -0.208. The number of nitrogens with zero attached hydrogens (tertiary/aromatic N) is 3. The van der Waals surface area contributed by atoms with E-state index in [1.54, 1.807) is 0 Å². The Balaban J connectivity index is 1.50. The molecule has 0 saturated carbocycles. The molecule has 2 aromatic carbocycles. The molecule has 0 aliphatic heterocycles. The van der Waals surface area contributed by atoms with E-state index in [1.165, 1.54) is 0 Å². The van der Waals surface area contributed by atoms with Gasteiger partial charge in [0.15, 0.2) is 0 Å². The van der Waals surface area contributed by atoms with Gasteiger partial charge < -0.3 is 11.1 Å². The Morgan fingerprint density at radius 2 is 1.96 bits per heavy atom. The van der Waals surface area contributed by atoms with Crippen molar-refractivity contribution in [2.75, 3.05) is 5.32 Å². The number of fused-ring (bicyclic) bond motifs is 1. The van der Waals surface area contributed by atoms with Gasteiger partial charge in [0.1, 0.15) is 11.6 Å². The molecule has 4 rings (SSSR count). The van der Waals surface area contributed by atoms with E-state index in [0.717, 1.165) is 34.0 Å². The van der Waals surface area contributed by atoms with Crippen LogP contribution in [-0.4, -0.2) is 20.7 Å². The molecule has 1 aliphatic carbocycles. The predicted molar refractivity (Wildman–Crippen MR) is 104 cm³/mol. The summed E-state index contributed by atoms with van der Waals surface area (Å²) in [4.78, 5) is 17.2. The Bertz CT molecular complexity index is 994. The number of aryl methyl sites for hydroxylation is 2. The van der Waals surface area contributed by atoms with Crippen LogP contribution in [0.5, 0.6) is 0 Å². The molecule has 3 aromatic rings. The van der Waals surface area contributed by atoms with Crippen molar-refractivity contribution in [1.82, 2.24) is 14.8 Å². The molecule has 27 heavy (non-hydrogen) atoms. The summed E-state index contributed by atoms with van der Waals surface area (Å²) in [6, 6.07) is 15.7. The number of nitrogens with two attached hydrogens (primary N) is 1. The summed E-state index contributed by atoms with van der Waals surface area (Å²) in [6.07, 6.45) is 0.641. The highest BCUT2D eigenvalue weighted by atomic mass is 16.1. The third-order valence-electron chi connectivity index (χ3n) is 5.07. The van der Waals surface area contributed by atoms with Crippen molar-refractivity contribution in [3.8, 4) is 0 Å². The Labute approximate surface area is 158 Å². The van der Waals surface area contributed by atoms with Gasteiger partial charge in [0.25, 0.3) is 0 Å². The Hall–Kier alpha value is -2.99. The summed E-state index contributed by atoms with van der Waals surface area (Å²) in [5.74, 6) is 1.41. The van der Waals surface area contributed by atoms with Crippen LogP contribution in [0.25, 0.3) is 0 Å². The van der Waals surface area contributed by atoms with E-state index in [2.05, 4.69) is 15.4 Å². The molecule has 0 fully saturated rings. The Morgan fingerprint density at radius 3 is 2.70 bits per heavy atom. The number of hydrogen-bond acceptors (Lipinski definition) is 4. The normalized spacial score (nSPS) is 18.3. The monoisotopic (exact) mass is 361 g/mol. The van der Waals surface area contributed by atoms with Gasteiger partial charge in [-0.25, -0.2) is 9.67 Å². The van der Waals surface area contributed by atoms with E-state index in [9.17, 15) is 4.79 Å². The zero-order valence-electron chi connectivity index (χ0n) is 15.5. The molecule has 6 heteroatoms. The molecular weight excluding hydrogens is 338 g/mol. The highest BCUT2D eigenvalue weighted by molar-refractivity contribution is 5.96. The quantitative estimate of drug-likeness (QED) is 0.748. The molecule has 6 nitrogen and oxygen atoms in total. The number of rotatable bonds is 4. The Morgan fingerprint density at radius 1 is 1.19 bits per heavy atom. The molecule has 0 spiro atoms. The molecule has 1 aliphatic rings. The predicted octanol–water partition coefficient (Wildman–Crippen LogP) is 3.07. The standard InChI is InChI=1S/C21H23N5O/c1-13-23-14(2)26(25-13)12-15-6-5-7-16(10-15)24-21(27)19-11-20(22)18-9-4-3-8-17(18)19/h3-10,19-20H,11-12,22H2,1-2H3,(H,24,27). The van der Waals surface area contributed by atoms with E-state index in [0.29, 0.717) is 13.0 Å². The van der Waals surface area contributed by atoms with Crippen molar-refractivity contribution in [1.29, 1.82) is 0 Å². The van der Waals surface area contributed by atoms with Crippen LogP contribution in [0.2, 0.25) is 0 Å². The summed E-state index contributed by atoms with van der Waals surface area (Å²) in [7, 11) is 0. The maximum absolute atomic E-state index is 12.9. The lowest BCUT2D eigenvalue weighted by Crippen LogP contribution is -2.20.